The molecule has 2 aliphatic rings. The fourth-order valence-corrected chi connectivity index (χ4v) is 6.39. The van der Waals surface area contributed by atoms with Crippen LogP contribution >= 0.6 is 0 Å². The Bertz CT molecular complexity index is 2100. The predicted molar refractivity (Wildman–Crippen MR) is 164 cm³/mol. The first-order valence-electron chi connectivity index (χ1n) is 13.4. The first kappa shape index (κ1) is 31.3. The molecule has 0 unspecified atom stereocenters. The topological polar surface area (TPSA) is 171 Å². The van der Waals surface area contributed by atoms with E-state index < -0.39 is 43.9 Å². The lowest BCUT2D eigenvalue weighted by Crippen LogP contribution is -2.32. The van der Waals surface area contributed by atoms with Crippen LogP contribution < -0.4 is 4.74 Å². The van der Waals surface area contributed by atoms with Gasteiger partial charge in [-0.25, -0.2) is 0 Å². The van der Waals surface area contributed by atoms with Crippen LogP contribution in [0, 0.1) is 0 Å². The minimum Gasteiger partial charge on any atom is -0.457 e. The van der Waals surface area contributed by atoms with E-state index in [1.807, 2.05) is 0 Å². The normalized spacial score (nSPS) is 14.3. The van der Waals surface area contributed by atoms with E-state index in [2.05, 4.69) is 13.2 Å². The number of hydrogen-bond donors (Lipinski definition) is 0. The average Bonchev–Trinajstić information content (AvgIpc) is 3.43. The average molecular weight is 673 g/mol. The highest BCUT2D eigenvalue weighted by Gasteiger charge is 2.42. The third kappa shape index (κ3) is 5.64. The zero-order valence-corrected chi connectivity index (χ0v) is 25.5. The molecule has 236 valence electrons. The van der Waals surface area contributed by atoms with Gasteiger partial charge in [0.05, 0.1) is 32.0 Å². The number of hydroxylamine groups is 4. The number of fused-ring (bicyclic) bond motifs is 2. The van der Waals surface area contributed by atoms with Gasteiger partial charge in [0.25, 0.3) is 23.6 Å². The van der Waals surface area contributed by atoms with Crippen molar-refractivity contribution in [1.82, 2.24) is 10.1 Å². The minimum atomic E-state index is -4.56. The van der Waals surface area contributed by atoms with E-state index in [-0.39, 0.29) is 53.7 Å². The SMILES string of the molecule is C=Cc1ccc(S(=O)(=O)ON2C(=O)c3ccc(Oc4ccc5c(c4)C(=O)N(OS(=O)(=O)c4ccc(C=C)cc4)C5=O)cc3C2=O)cc1. The van der Waals surface area contributed by atoms with E-state index in [0.29, 0.717) is 11.1 Å². The van der Waals surface area contributed by atoms with E-state index in [1.54, 1.807) is 0 Å². The fourth-order valence-electron chi connectivity index (χ4n) is 4.62. The van der Waals surface area contributed by atoms with Crippen LogP contribution in [0.25, 0.3) is 12.2 Å². The summed E-state index contributed by atoms with van der Waals surface area (Å²) in [6.45, 7) is 7.17. The highest BCUT2D eigenvalue weighted by Crippen LogP contribution is 2.34. The summed E-state index contributed by atoms with van der Waals surface area (Å²) < 4.78 is 66.6. The molecule has 13 nitrogen and oxygen atoms in total. The monoisotopic (exact) mass is 672 g/mol. The maximum Gasteiger partial charge on any atom is 0.318 e. The Morgan fingerprint density at radius 2 is 0.830 bits per heavy atom. The number of rotatable bonds is 10. The van der Waals surface area contributed by atoms with E-state index in [0.717, 1.165) is 0 Å². The van der Waals surface area contributed by atoms with Gasteiger partial charge in [0.1, 0.15) is 11.5 Å². The Labute approximate surface area is 267 Å². The van der Waals surface area contributed by atoms with Crippen molar-refractivity contribution < 1.29 is 49.3 Å². The summed E-state index contributed by atoms with van der Waals surface area (Å²) in [6.07, 6.45) is 3.01. The van der Waals surface area contributed by atoms with Crippen molar-refractivity contribution in [2.24, 2.45) is 0 Å². The molecule has 0 atom stereocenters. The zero-order valence-electron chi connectivity index (χ0n) is 23.9. The largest absolute Gasteiger partial charge is 0.457 e. The highest BCUT2D eigenvalue weighted by atomic mass is 32.2. The molecule has 4 aromatic rings. The maximum absolute atomic E-state index is 13.0. The molecule has 0 saturated carbocycles. The molecular formula is C32H20N2O11S2. The second-order valence-electron chi connectivity index (χ2n) is 9.93. The van der Waals surface area contributed by atoms with Gasteiger partial charge < -0.3 is 4.74 Å². The van der Waals surface area contributed by atoms with Crippen LogP contribution in [0.15, 0.2) is 108 Å². The van der Waals surface area contributed by atoms with Crippen LogP contribution in [0.1, 0.15) is 52.6 Å². The molecule has 0 radical (unpaired) electrons. The summed E-state index contributed by atoms with van der Waals surface area (Å²) in [5.74, 6) is -4.16. The number of carbonyl (C=O) groups is 4. The van der Waals surface area contributed by atoms with Crippen LogP contribution in [0.3, 0.4) is 0 Å². The lowest BCUT2D eigenvalue weighted by Gasteiger charge is -2.13. The third-order valence-corrected chi connectivity index (χ3v) is 9.42. The van der Waals surface area contributed by atoms with Gasteiger partial charge in [0.2, 0.25) is 0 Å². The molecule has 2 heterocycles. The summed E-state index contributed by atoms with van der Waals surface area (Å²) in [5.41, 5.74) is 0.540. The van der Waals surface area contributed by atoms with Gasteiger partial charge in [0, 0.05) is 0 Å². The number of hydrogen-bond acceptors (Lipinski definition) is 11. The van der Waals surface area contributed by atoms with Gasteiger partial charge in [0.15, 0.2) is 0 Å². The molecule has 2 aliphatic heterocycles. The first-order valence-corrected chi connectivity index (χ1v) is 16.2. The lowest BCUT2D eigenvalue weighted by atomic mass is 10.1. The van der Waals surface area contributed by atoms with Crippen molar-refractivity contribution in [2.45, 2.75) is 9.79 Å². The Morgan fingerprint density at radius 3 is 1.17 bits per heavy atom. The Hall–Kier alpha value is -5.74. The van der Waals surface area contributed by atoms with Crippen molar-refractivity contribution in [2.75, 3.05) is 0 Å². The molecule has 6 rings (SSSR count). The van der Waals surface area contributed by atoms with Gasteiger partial charge >= 0.3 is 20.2 Å². The summed E-state index contributed by atoms with van der Waals surface area (Å²) in [4.78, 5) is 51.2. The molecule has 0 N–H and O–H groups in total. The quantitative estimate of drug-likeness (QED) is 0.216. The lowest BCUT2D eigenvalue weighted by molar-refractivity contribution is -0.0107. The second kappa shape index (κ2) is 11.6. The summed E-state index contributed by atoms with van der Waals surface area (Å²) in [5, 5.41) is 0.253. The Morgan fingerprint density at radius 1 is 0.489 bits per heavy atom. The Kier molecular flexibility index (Phi) is 7.69. The third-order valence-electron chi connectivity index (χ3n) is 7.03. The fraction of sp³-hybridized carbons (Fsp3) is 0. The van der Waals surface area contributed by atoms with E-state index in [4.69, 9.17) is 13.3 Å². The number of imide groups is 2. The summed E-state index contributed by atoms with van der Waals surface area (Å²) in [6, 6.07) is 18.2. The molecule has 0 fully saturated rings. The molecule has 0 aliphatic carbocycles. The zero-order chi connectivity index (χ0) is 33.7. The first-order chi connectivity index (χ1) is 22.3. The van der Waals surface area contributed by atoms with Gasteiger partial charge in [-0.3, -0.25) is 19.2 Å². The molecule has 47 heavy (non-hydrogen) atoms. The van der Waals surface area contributed by atoms with Crippen molar-refractivity contribution in [3.8, 4) is 11.5 Å². The van der Waals surface area contributed by atoms with Gasteiger partial charge in [-0.1, -0.05) is 49.6 Å². The van der Waals surface area contributed by atoms with Gasteiger partial charge in [-0.15, -0.1) is 18.7 Å². The molecular weight excluding hydrogens is 652 g/mol. The van der Waals surface area contributed by atoms with Crippen molar-refractivity contribution in [3.63, 3.8) is 0 Å². The highest BCUT2D eigenvalue weighted by molar-refractivity contribution is 7.87. The molecule has 15 heteroatoms. The van der Waals surface area contributed by atoms with Gasteiger partial charge in [-0.2, -0.15) is 16.8 Å². The minimum absolute atomic E-state index is 0.00463. The van der Waals surface area contributed by atoms with Crippen molar-refractivity contribution in [1.29, 1.82) is 0 Å². The summed E-state index contributed by atoms with van der Waals surface area (Å²) in [7, 11) is -9.12. The Balaban J connectivity index is 1.19. The number of nitrogens with zero attached hydrogens (tertiary/aromatic N) is 2. The van der Waals surface area contributed by atoms with Crippen LogP contribution in [0.2, 0.25) is 0 Å². The molecule has 0 aromatic heterocycles. The van der Waals surface area contributed by atoms with Crippen LogP contribution in [-0.4, -0.2) is 50.6 Å². The van der Waals surface area contributed by atoms with Gasteiger partial charge in [-0.05, 0) is 71.8 Å². The molecule has 4 amide bonds. The molecule has 0 saturated heterocycles. The number of benzene rings is 4. The van der Waals surface area contributed by atoms with Crippen molar-refractivity contribution >= 4 is 56.0 Å². The van der Waals surface area contributed by atoms with Crippen LogP contribution in [-0.2, 0) is 28.8 Å². The standard InChI is InChI=1S/C32H20N2O11S2/c1-3-19-5-11-23(12-6-19)46(39,40)44-33-29(35)25-15-9-21(17-27(25)31(33)37)43-22-10-16-26-28(18-22)32(38)34(30(26)36)45-47(41,42)24-13-7-20(4-2)8-14-24/h3-18H,1-2H2. The van der Waals surface area contributed by atoms with Crippen LogP contribution in [0.4, 0.5) is 0 Å². The van der Waals surface area contributed by atoms with E-state index >= 15 is 0 Å². The number of ether oxygens (including phenoxy) is 1. The maximum atomic E-state index is 13.0. The second-order valence-corrected chi connectivity index (χ2v) is 13.0. The smallest absolute Gasteiger partial charge is 0.318 e. The van der Waals surface area contributed by atoms with E-state index in [1.165, 1.54) is 97.1 Å². The molecule has 0 bridgehead atoms. The molecule has 4 aromatic carbocycles. The van der Waals surface area contributed by atoms with E-state index in [9.17, 15) is 36.0 Å². The van der Waals surface area contributed by atoms with Crippen LogP contribution in [0.5, 0.6) is 11.5 Å². The van der Waals surface area contributed by atoms with Crippen molar-refractivity contribution in [3.05, 3.63) is 131 Å². The predicted octanol–water partition coefficient (Wildman–Crippen LogP) is 4.60. The number of carbonyl (C=O) groups excluding carboxylic acids is 4. The number of amides is 4. The molecule has 0 spiro atoms. The summed E-state index contributed by atoms with van der Waals surface area (Å²) >= 11 is 0.